The molecule has 0 saturated carbocycles. The van der Waals surface area contributed by atoms with Crippen LogP contribution in [-0.2, 0) is 4.79 Å². The van der Waals surface area contributed by atoms with Crippen molar-refractivity contribution in [2.75, 3.05) is 12.4 Å². The molecular weight excluding hydrogens is 319 g/mol. The molecule has 0 unspecified atom stereocenters. The first-order valence-corrected chi connectivity index (χ1v) is 7.20. The molecule has 120 valence electrons. The van der Waals surface area contributed by atoms with E-state index < -0.39 is 5.82 Å². The molecule has 0 atom stereocenters. The number of nitrogens with zero attached hydrogens (tertiary/aromatic N) is 1. The zero-order valence-corrected chi connectivity index (χ0v) is 13.8. The Balaban J connectivity index is 2.67. The summed E-state index contributed by atoms with van der Waals surface area (Å²) in [5, 5.41) is 2.88. The van der Waals surface area contributed by atoms with Crippen LogP contribution in [0.15, 0.2) is 24.8 Å². The summed E-state index contributed by atoms with van der Waals surface area (Å²) in [6.07, 6.45) is 1.59. The predicted octanol–water partition coefficient (Wildman–Crippen LogP) is 4.46. The fourth-order valence-electron chi connectivity index (χ4n) is 2.29. The minimum atomic E-state index is -0.605. The van der Waals surface area contributed by atoms with E-state index in [0.29, 0.717) is 22.6 Å². The number of amides is 1. The Morgan fingerprint density at radius 3 is 2.74 bits per heavy atom. The lowest BCUT2D eigenvalue weighted by atomic mass is 10.1. The first-order valence-electron chi connectivity index (χ1n) is 6.83. The number of benzene rings is 1. The number of carbonyl (C=O) groups excluding carboxylic acids is 1. The van der Waals surface area contributed by atoms with Crippen molar-refractivity contribution < 1.29 is 13.9 Å². The van der Waals surface area contributed by atoms with Gasteiger partial charge in [0.1, 0.15) is 0 Å². The number of nitrogens with one attached hydrogen (secondary N) is 1. The maximum atomic E-state index is 14.6. The Kier molecular flexibility index (Phi) is 5.01. The molecular formula is C17H16ClFN2O2. The van der Waals surface area contributed by atoms with Gasteiger partial charge in [-0.2, -0.15) is 0 Å². The number of carbonyl (C=O) groups is 1. The average molecular weight is 335 g/mol. The summed E-state index contributed by atoms with van der Waals surface area (Å²) in [7, 11) is 1.34. The van der Waals surface area contributed by atoms with Crippen molar-refractivity contribution in [1.82, 2.24) is 4.98 Å². The van der Waals surface area contributed by atoms with Gasteiger partial charge in [0, 0.05) is 23.7 Å². The van der Waals surface area contributed by atoms with E-state index in [1.54, 1.807) is 19.1 Å². The van der Waals surface area contributed by atoms with E-state index in [9.17, 15) is 9.18 Å². The molecule has 1 aromatic heterocycles. The van der Waals surface area contributed by atoms with Gasteiger partial charge in [-0.1, -0.05) is 24.3 Å². The zero-order valence-electron chi connectivity index (χ0n) is 13.0. The molecule has 6 heteroatoms. The van der Waals surface area contributed by atoms with Crippen molar-refractivity contribution >= 4 is 29.3 Å². The highest BCUT2D eigenvalue weighted by molar-refractivity contribution is 6.32. The third kappa shape index (κ3) is 3.35. The molecule has 1 aromatic carbocycles. The molecule has 0 spiro atoms. The number of hydrogen-bond acceptors (Lipinski definition) is 3. The normalized spacial score (nSPS) is 10.3. The van der Waals surface area contributed by atoms with E-state index >= 15 is 0 Å². The molecule has 2 aromatic rings. The Labute approximate surface area is 139 Å². The molecule has 0 bridgehead atoms. The molecule has 0 aliphatic carbocycles. The average Bonchev–Trinajstić information content (AvgIpc) is 2.47. The molecule has 1 N–H and O–H groups in total. The molecule has 0 saturated heterocycles. The van der Waals surface area contributed by atoms with Gasteiger partial charge in [0.25, 0.3) is 0 Å². The van der Waals surface area contributed by atoms with Gasteiger partial charge in [-0.05, 0) is 25.1 Å². The van der Waals surface area contributed by atoms with Crippen molar-refractivity contribution in [3.8, 4) is 17.0 Å². The van der Waals surface area contributed by atoms with Crippen molar-refractivity contribution in [2.45, 2.75) is 13.8 Å². The highest BCUT2D eigenvalue weighted by Gasteiger charge is 2.17. The lowest BCUT2D eigenvalue weighted by molar-refractivity contribution is -0.114. The number of methoxy groups -OCH3 is 1. The van der Waals surface area contributed by atoms with E-state index in [2.05, 4.69) is 16.9 Å². The van der Waals surface area contributed by atoms with Crippen LogP contribution >= 0.6 is 11.6 Å². The molecule has 0 aliphatic rings. The highest BCUT2D eigenvalue weighted by Crippen LogP contribution is 2.35. The monoisotopic (exact) mass is 334 g/mol. The maximum Gasteiger partial charge on any atom is 0.221 e. The second kappa shape index (κ2) is 6.79. The first kappa shape index (κ1) is 17.0. The van der Waals surface area contributed by atoms with Gasteiger partial charge >= 0.3 is 0 Å². The SMILES string of the molecule is C=Cc1c(NC(C)=O)cc(-c2ccc(Cl)c(OC)c2F)nc1C. The lowest BCUT2D eigenvalue weighted by Crippen LogP contribution is -2.09. The maximum absolute atomic E-state index is 14.6. The number of halogens is 2. The van der Waals surface area contributed by atoms with E-state index in [1.165, 1.54) is 26.2 Å². The van der Waals surface area contributed by atoms with Gasteiger partial charge in [-0.3, -0.25) is 9.78 Å². The van der Waals surface area contributed by atoms with Crippen LogP contribution < -0.4 is 10.1 Å². The number of rotatable bonds is 4. The molecule has 0 aliphatic heterocycles. The van der Waals surface area contributed by atoms with Crippen LogP contribution in [0.4, 0.5) is 10.1 Å². The number of aryl methyl sites for hydroxylation is 1. The molecule has 0 fully saturated rings. The standard InChI is InChI=1S/C17H16ClFN2O2/c1-5-11-9(2)20-15(8-14(11)21-10(3)22)12-6-7-13(18)17(23-4)16(12)19/h5-8H,1H2,2-4H3,(H,20,21,22). The summed E-state index contributed by atoms with van der Waals surface area (Å²) in [5.74, 6) is -0.886. The molecule has 0 radical (unpaired) electrons. The smallest absolute Gasteiger partial charge is 0.221 e. The Morgan fingerprint density at radius 1 is 1.48 bits per heavy atom. The van der Waals surface area contributed by atoms with Crippen molar-refractivity contribution in [3.63, 3.8) is 0 Å². The molecule has 1 heterocycles. The molecule has 2 rings (SSSR count). The Morgan fingerprint density at radius 2 is 2.17 bits per heavy atom. The van der Waals surface area contributed by atoms with Gasteiger partial charge in [0.15, 0.2) is 11.6 Å². The number of ether oxygens (including phenoxy) is 1. The number of anilines is 1. The van der Waals surface area contributed by atoms with Gasteiger partial charge in [-0.15, -0.1) is 0 Å². The highest BCUT2D eigenvalue weighted by atomic mass is 35.5. The minimum Gasteiger partial charge on any atom is -0.492 e. The summed E-state index contributed by atoms with van der Waals surface area (Å²) < 4.78 is 19.6. The fraction of sp³-hybridized carbons (Fsp3) is 0.176. The number of aromatic nitrogens is 1. The van der Waals surface area contributed by atoms with Crippen LogP contribution in [0.5, 0.6) is 5.75 Å². The second-order valence-corrected chi connectivity index (χ2v) is 5.29. The van der Waals surface area contributed by atoms with Crippen LogP contribution in [-0.4, -0.2) is 18.0 Å². The lowest BCUT2D eigenvalue weighted by Gasteiger charge is -2.14. The molecule has 23 heavy (non-hydrogen) atoms. The summed E-state index contributed by atoms with van der Waals surface area (Å²) in [4.78, 5) is 15.8. The number of hydrogen-bond donors (Lipinski definition) is 1. The van der Waals surface area contributed by atoms with Crippen LogP contribution in [0.25, 0.3) is 17.3 Å². The van der Waals surface area contributed by atoms with Crippen LogP contribution in [0.1, 0.15) is 18.2 Å². The van der Waals surface area contributed by atoms with E-state index in [-0.39, 0.29) is 22.2 Å². The molecule has 1 amide bonds. The first-order chi connectivity index (χ1) is 10.9. The van der Waals surface area contributed by atoms with Gasteiger partial charge in [0.2, 0.25) is 5.91 Å². The third-order valence-corrected chi connectivity index (χ3v) is 3.59. The topological polar surface area (TPSA) is 51.2 Å². The van der Waals surface area contributed by atoms with Gasteiger partial charge in [-0.25, -0.2) is 4.39 Å². The predicted molar refractivity (Wildman–Crippen MR) is 90.3 cm³/mol. The summed E-state index contributed by atoms with van der Waals surface area (Å²) in [6.45, 7) is 6.87. The summed E-state index contributed by atoms with van der Waals surface area (Å²) in [5.41, 5.74) is 2.42. The van der Waals surface area contributed by atoms with Crippen molar-refractivity contribution in [1.29, 1.82) is 0 Å². The minimum absolute atomic E-state index is 0.0440. The van der Waals surface area contributed by atoms with Crippen LogP contribution in [0, 0.1) is 12.7 Å². The van der Waals surface area contributed by atoms with Gasteiger partial charge < -0.3 is 10.1 Å². The second-order valence-electron chi connectivity index (χ2n) is 4.88. The van der Waals surface area contributed by atoms with Crippen molar-refractivity contribution in [3.05, 3.63) is 46.9 Å². The van der Waals surface area contributed by atoms with E-state index in [1.807, 2.05) is 0 Å². The van der Waals surface area contributed by atoms with Crippen molar-refractivity contribution in [2.24, 2.45) is 0 Å². The Bertz CT molecular complexity index is 791. The quantitative estimate of drug-likeness (QED) is 0.898. The Hall–Kier alpha value is -2.40. The summed E-state index contributed by atoms with van der Waals surface area (Å²) >= 11 is 5.91. The number of pyridine rings is 1. The van der Waals surface area contributed by atoms with Crippen LogP contribution in [0.3, 0.4) is 0 Å². The molecule has 4 nitrogen and oxygen atoms in total. The third-order valence-electron chi connectivity index (χ3n) is 3.29. The summed E-state index contributed by atoms with van der Waals surface area (Å²) in [6, 6.07) is 4.65. The van der Waals surface area contributed by atoms with E-state index in [4.69, 9.17) is 16.3 Å². The van der Waals surface area contributed by atoms with Gasteiger partial charge in [0.05, 0.1) is 23.5 Å². The van der Waals surface area contributed by atoms with Crippen LogP contribution in [0.2, 0.25) is 5.02 Å². The zero-order chi connectivity index (χ0) is 17.1. The largest absolute Gasteiger partial charge is 0.492 e. The van der Waals surface area contributed by atoms with E-state index in [0.717, 1.165) is 0 Å². The fourth-order valence-corrected chi connectivity index (χ4v) is 2.51.